The van der Waals surface area contributed by atoms with E-state index < -0.39 is 5.82 Å². The molecule has 0 fully saturated rings. The lowest BCUT2D eigenvalue weighted by Gasteiger charge is -2.10. The Morgan fingerprint density at radius 3 is 2.76 bits per heavy atom. The molecule has 6 heteroatoms. The van der Waals surface area contributed by atoms with E-state index in [9.17, 15) is 9.18 Å². The van der Waals surface area contributed by atoms with Gasteiger partial charge in [0, 0.05) is 18.3 Å². The molecular weight excluding hydrogens is 295 g/mol. The molecule has 4 nitrogen and oxygen atoms in total. The van der Waals surface area contributed by atoms with Crippen molar-refractivity contribution in [2.75, 3.05) is 12.8 Å². The van der Waals surface area contributed by atoms with Crippen molar-refractivity contribution < 1.29 is 13.9 Å². The summed E-state index contributed by atoms with van der Waals surface area (Å²) in [5.41, 5.74) is 7.22. The van der Waals surface area contributed by atoms with E-state index in [0.29, 0.717) is 22.6 Å². The van der Waals surface area contributed by atoms with Gasteiger partial charge in [-0.25, -0.2) is 4.39 Å². The molecule has 0 heterocycles. The van der Waals surface area contributed by atoms with Crippen molar-refractivity contribution in [3.8, 4) is 5.75 Å². The SMILES string of the molecule is COc1cc(N)ccc1C(=O)NCc1ccc(F)c(Cl)c1. The van der Waals surface area contributed by atoms with Crippen LogP contribution in [0.4, 0.5) is 10.1 Å². The standard InChI is InChI=1S/C15H14ClFN2O2/c1-21-14-7-10(18)3-4-11(14)15(20)19-8-9-2-5-13(17)12(16)6-9/h2-7H,8,18H2,1H3,(H,19,20). The smallest absolute Gasteiger partial charge is 0.255 e. The first kappa shape index (κ1) is 15.1. The molecule has 2 rings (SSSR count). The van der Waals surface area contributed by atoms with Crippen LogP contribution >= 0.6 is 11.6 Å². The summed E-state index contributed by atoms with van der Waals surface area (Å²) in [6, 6.07) is 9.06. The Morgan fingerprint density at radius 2 is 2.10 bits per heavy atom. The number of nitrogens with one attached hydrogen (secondary N) is 1. The zero-order valence-electron chi connectivity index (χ0n) is 11.3. The lowest BCUT2D eigenvalue weighted by Crippen LogP contribution is -2.23. The molecule has 21 heavy (non-hydrogen) atoms. The highest BCUT2D eigenvalue weighted by atomic mass is 35.5. The van der Waals surface area contributed by atoms with Gasteiger partial charge in [0.05, 0.1) is 17.7 Å². The molecule has 0 aliphatic carbocycles. The molecule has 0 spiro atoms. The fourth-order valence-electron chi connectivity index (χ4n) is 1.82. The maximum Gasteiger partial charge on any atom is 0.255 e. The molecule has 0 saturated heterocycles. The lowest BCUT2D eigenvalue weighted by atomic mass is 10.1. The van der Waals surface area contributed by atoms with E-state index in [2.05, 4.69) is 5.32 Å². The highest BCUT2D eigenvalue weighted by Gasteiger charge is 2.12. The molecule has 110 valence electrons. The van der Waals surface area contributed by atoms with E-state index >= 15 is 0 Å². The van der Waals surface area contributed by atoms with Gasteiger partial charge in [-0.15, -0.1) is 0 Å². The van der Waals surface area contributed by atoms with Gasteiger partial charge in [0.1, 0.15) is 11.6 Å². The summed E-state index contributed by atoms with van der Waals surface area (Å²) in [5, 5.41) is 2.74. The molecule has 2 aromatic rings. The number of carbonyl (C=O) groups excluding carboxylic acids is 1. The minimum Gasteiger partial charge on any atom is -0.496 e. The van der Waals surface area contributed by atoms with Crippen molar-refractivity contribution >= 4 is 23.2 Å². The molecule has 1 amide bonds. The minimum absolute atomic E-state index is 0.0202. The van der Waals surface area contributed by atoms with Gasteiger partial charge < -0.3 is 15.8 Å². The first-order valence-corrected chi connectivity index (χ1v) is 6.54. The third-order valence-corrected chi connectivity index (χ3v) is 3.20. The predicted molar refractivity (Wildman–Crippen MR) is 80.0 cm³/mol. The van der Waals surface area contributed by atoms with Crippen LogP contribution in [-0.4, -0.2) is 13.0 Å². The molecule has 0 bridgehead atoms. The number of methoxy groups -OCH3 is 1. The predicted octanol–water partition coefficient (Wildman–Crippen LogP) is 3.00. The summed E-state index contributed by atoms with van der Waals surface area (Å²) in [4.78, 5) is 12.1. The summed E-state index contributed by atoms with van der Waals surface area (Å²) < 4.78 is 18.2. The topological polar surface area (TPSA) is 64.3 Å². The average molecular weight is 309 g/mol. The van der Waals surface area contributed by atoms with Crippen LogP contribution in [-0.2, 0) is 6.54 Å². The lowest BCUT2D eigenvalue weighted by molar-refractivity contribution is 0.0948. The molecule has 0 atom stereocenters. The number of amides is 1. The molecule has 3 N–H and O–H groups in total. The number of nitrogen functional groups attached to an aromatic ring is 1. The maximum absolute atomic E-state index is 13.1. The molecule has 0 unspecified atom stereocenters. The highest BCUT2D eigenvalue weighted by Crippen LogP contribution is 2.21. The molecule has 0 aliphatic rings. The fraction of sp³-hybridized carbons (Fsp3) is 0.133. The summed E-state index contributed by atoms with van der Waals surface area (Å²) in [5.74, 6) is -0.413. The molecule has 0 aliphatic heterocycles. The highest BCUT2D eigenvalue weighted by molar-refractivity contribution is 6.30. The van der Waals surface area contributed by atoms with Crippen molar-refractivity contribution in [2.24, 2.45) is 0 Å². The zero-order chi connectivity index (χ0) is 15.4. The van der Waals surface area contributed by atoms with Crippen LogP contribution < -0.4 is 15.8 Å². The Kier molecular flexibility index (Phi) is 4.65. The molecule has 2 aromatic carbocycles. The van der Waals surface area contributed by atoms with Crippen LogP contribution in [0.3, 0.4) is 0 Å². The number of nitrogens with two attached hydrogens (primary N) is 1. The van der Waals surface area contributed by atoms with Crippen LogP contribution in [0, 0.1) is 5.82 Å². The third-order valence-electron chi connectivity index (χ3n) is 2.91. The van der Waals surface area contributed by atoms with Crippen LogP contribution in [0.2, 0.25) is 5.02 Å². The molecule has 0 radical (unpaired) electrons. The van der Waals surface area contributed by atoms with Gasteiger partial charge in [0.15, 0.2) is 0 Å². The van der Waals surface area contributed by atoms with Crippen LogP contribution in [0.1, 0.15) is 15.9 Å². The van der Waals surface area contributed by atoms with Gasteiger partial charge in [0.2, 0.25) is 0 Å². The van der Waals surface area contributed by atoms with Crippen molar-refractivity contribution in [3.05, 3.63) is 58.4 Å². The second kappa shape index (κ2) is 6.45. The van der Waals surface area contributed by atoms with Crippen molar-refractivity contribution in [3.63, 3.8) is 0 Å². The molecule has 0 aromatic heterocycles. The molecular formula is C15H14ClFN2O2. The van der Waals surface area contributed by atoms with Gasteiger partial charge in [0.25, 0.3) is 5.91 Å². The first-order chi connectivity index (χ1) is 10.0. The first-order valence-electron chi connectivity index (χ1n) is 6.17. The van der Waals surface area contributed by atoms with Crippen molar-refractivity contribution in [1.82, 2.24) is 5.32 Å². The Bertz CT molecular complexity index is 677. The Hall–Kier alpha value is -2.27. The number of benzene rings is 2. The number of carbonyl (C=O) groups is 1. The maximum atomic E-state index is 13.1. The van der Waals surface area contributed by atoms with Gasteiger partial charge in [-0.2, -0.15) is 0 Å². The van der Waals surface area contributed by atoms with Crippen molar-refractivity contribution in [1.29, 1.82) is 0 Å². The van der Waals surface area contributed by atoms with E-state index in [1.54, 1.807) is 24.3 Å². The summed E-state index contributed by atoms with van der Waals surface area (Å²) in [6.07, 6.45) is 0. The third kappa shape index (κ3) is 3.64. The summed E-state index contributed by atoms with van der Waals surface area (Å²) >= 11 is 5.69. The Morgan fingerprint density at radius 1 is 1.33 bits per heavy atom. The number of hydrogen-bond donors (Lipinski definition) is 2. The zero-order valence-corrected chi connectivity index (χ0v) is 12.1. The number of hydrogen-bond acceptors (Lipinski definition) is 3. The summed E-state index contributed by atoms with van der Waals surface area (Å²) in [7, 11) is 1.46. The normalized spacial score (nSPS) is 10.2. The number of rotatable bonds is 4. The summed E-state index contributed by atoms with van der Waals surface area (Å²) in [6.45, 7) is 0.229. The Labute approximate surface area is 126 Å². The van der Waals surface area contributed by atoms with Gasteiger partial charge in [-0.3, -0.25) is 4.79 Å². The van der Waals surface area contributed by atoms with Gasteiger partial charge >= 0.3 is 0 Å². The van der Waals surface area contributed by atoms with E-state index in [1.165, 1.54) is 19.2 Å². The van der Waals surface area contributed by atoms with E-state index in [0.717, 1.165) is 0 Å². The second-order valence-corrected chi connectivity index (χ2v) is 4.80. The van der Waals surface area contributed by atoms with Crippen molar-refractivity contribution in [2.45, 2.75) is 6.54 Å². The average Bonchev–Trinajstić information content (AvgIpc) is 2.48. The largest absolute Gasteiger partial charge is 0.496 e. The van der Waals surface area contributed by atoms with Crippen LogP contribution in [0.15, 0.2) is 36.4 Å². The van der Waals surface area contributed by atoms with E-state index in [4.69, 9.17) is 22.1 Å². The van der Waals surface area contributed by atoms with Crippen LogP contribution in [0.5, 0.6) is 5.75 Å². The monoisotopic (exact) mass is 308 g/mol. The number of anilines is 1. The minimum atomic E-state index is -0.494. The van der Waals surface area contributed by atoms with E-state index in [-0.39, 0.29) is 17.5 Å². The second-order valence-electron chi connectivity index (χ2n) is 4.39. The quantitative estimate of drug-likeness (QED) is 0.853. The fourth-order valence-corrected chi connectivity index (χ4v) is 2.03. The van der Waals surface area contributed by atoms with E-state index in [1.807, 2.05) is 0 Å². The number of ether oxygens (including phenoxy) is 1. The Balaban J connectivity index is 2.09. The molecule has 0 saturated carbocycles. The van der Waals surface area contributed by atoms with Crippen LogP contribution in [0.25, 0.3) is 0 Å². The van der Waals surface area contributed by atoms with Gasteiger partial charge in [-0.05, 0) is 29.8 Å². The number of halogens is 2. The van der Waals surface area contributed by atoms with Gasteiger partial charge in [-0.1, -0.05) is 17.7 Å².